The molecule has 0 aromatic rings. The van der Waals surface area contributed by atoms with Crippen LogP contribution in [0, 0.1) is 0 Å². The zero-order chi connectivity index (χ0) is 13.1. The highest BCUT2D eigenvalue weighted by atomic mass is 19.4. The molecule has 104 valence electrons. The predicted octanol–water partition coefficient (Wildman–Crippen LogP) is 0.816. The van der Waals surface area contributed by atoms with Crippen LogP contribution in [-0.2, 0) is 9.47 Å². The van der Waals surface area contributed by atoms with E-state index in [1.54, 1.807) is 5.32 Å². The van der Waals surface area contributed by atoms with Gasteiger partial charge in [0.25, 0.3) is 0 Å². The van der Waals surface area contributed by atoms with Gasteiger partial charge >= 0.3 is 6.18 Å². The summed E-state index contributed by atoms with van der Waals surface area (Å²) < 4.78 is 57.4. The van der Waals surface area contributed by atoms with Gasteiger partial charge in [-0.25, -0.2) is 4.39 Å². The molecular formula is C9H18F4N2O2. The molecule has 0 saturated heterocycles. The Kier molecular flexibility index (Phi) is 9.33. The van der Waals surface area contributed by atoms with Crippen LogP contribution in [-0.4, -0.2) is 52.0 Å². The molecular weight excluding hydrogens is 244 g/mol. The van der Waals surface area contributed by atoms with Gasteiger partial charge in [-0.05, 0) is 13.0 Å². The van der Waals surface area contributed by atoms with Crippen LogP contribution < -0.4 is 11.1 Å². The van der Waals surface area contributed by atoms with Crippen molar-refractivity contribution in [2.24, 2.45) is 5.73 Å². The zero-order valence-electron chi connectivity index (χ0n) is 9.43. The van der Waals surface area contributed by atoms with Crippen LogP contribution in [0.1, 0.15) is 6.42 Å². The number of rotatable bonds is 10. The lowest BCUT2D eigenvalue weighted by Crippen LogP contribution is -2.40. The number of hydrogen-bond acceptors (Lipinski definition) is 4. The van der Waals surface area contributed by atoms with Gasteiger partial charge in [-0.3, -0.25) is 5.32 Å². The lowest BCUT2D eigenvalue weighted by Gasteiger charge is -2.13. The van der Waals surface area contributed by atoms with Gasteiger partial charge in [-0.15, -0.1) is 0 Å². The first kappa shape index (κ1) is 16.6. The molecule has 3 N–H and O–H groups in total. The van der Waals surface area contributed by atoms with E-state index in [9.17, 15) is 17.6 Å². The molecule has 0 amide bonds. The van der Waals surface area contributed by atoms with Gasteiger partial charge in [0.1, 0.15) is 0 Å². The fraction of sp³-hybridized carbons (Fsp3) is 1.00. The second-order valence-corrected chi connectivity index (χ2v) is 3.23. The Morgan fingerprint density at radius 1 is 1.06 bits per heavy atom. The van der Waals surface area contributed by atoms with Crippen molar-refractivity contribution in [3.63, 3.8) is 0 Å². The Balaban J connectivity index is 3.19. The number of nitrogens with one attached hydrogen (secondary N) is 1. The summed E-state index contributed by atoms with van der Waals surface area (Å²) in [6, 6.07) is 0. The van der Waals surface area contributed by atoms with Crippen LogP contribution in [0.25, 0.3) is 0 Å². The Morgan fingerprint density at radius 3 is 2.18 bits per heavy atom. The highest BCUT2D eigenvalue weighted by Gasteiger charge is 2.39. The molecule has 0 bridgehead atoms. The van der Waals surface area contributed by atoms with E-state index < -0.39 is 12.5 Å². The summed E-state index contributed by atoms with van der Waals surface area (Å²) in [6.45, 7) is 1.46. The van der Waals surface area contributed by atoms with Gasteiger partial charge in [0.2, 0.25) is 6.30 Å². The van der Waals surface area contributed by atoms with E-state index in [4.69, 9.17) is 15.2 Å². The van der Waals surface area contributed by atoms with Gasteiger partial charge < -0.3 is 15.2 Å². The molecule has 0 aliphatic rings. The molecule has 0 aromatic carbocycles. The fourth-order valence-corrected chi connectivity index (χ4v) is 0.881. The summed E-state index contributed by atoms with van der Waals surface area (Å²) in [7, 11) is 0. The first-order valence-corrected chi connectivity index (χ1v) is 5.28. The first-order valence-electron chi connectivity index (χ1n) is 5.28. The van der Waals surface area contributed by atoms with E-state index >= 15 is 0 Å². The quantitative estimate of drug-likeness (QED) is 0.347. The van der Waals surface area contributed by atoms with Crippen LogP contribution in [0.5, 0.6) is 0 Å². The molecule has 17 heavy (non-hydrogen) atoms. The summed E-state index contributed by atoms with van der Waals surface area (Å²) >= 11 is 0. The lowest BCUT2D eigenvalue weighted by molar-refractivity contribution is -0.189. The van der Waals surface area contributed by atoms with Crippen molar-refractivity contribution in [2.75, 3.05) is 39.5 Å². The third-order valence-corrected chi connectivity index (χ3v) is 1.72. The summed E-state index contributed by atoms with van der Waals surface area (Å²) in [5, 5.41) is 1.66. The van der Waals surface area contributed by atoms with Crippen molar-refractivity contribution >= 4 is 0 Å². The largest absolute Gasteiger partial charge is 0.433 e. The van der Waals surface area contributed by atoms with Gasteiger partial charge in [-0.1, -0.05) is 0 Å². The Bertz CT molecular complexity index is 181. The third-order valence-electron chi connectivity index (χ3n) is 1.72. The van der Waals surface area contributed by atoms with Crippen LogP contribution >= 0.6 is 0 Å². The number of halogens is 4. The van der Waals surface area contributed by atoms with Crippen molar-refractivity contribution in [1.82, 2.24) is 5.32 Å². The van der Waals surface area contributed by atoms with Gasteiger partial charge in [0.15, 0.2) is 0 Å². The molecule has 4 nitrogen and oxygen atoms in total. The molecule has 0 saturated carbocycles. The molecule has 0 heterocycles. The number of ether oxygens (including phenoxy) is 2. The third kappa shape index (κ3) is 10.4. The van der Waals surface area contributed by atoms with Crippen molar-refractivity contribution in [1.29, 1.82) is 0 Å². The van der Waals surface area contributed by atoms with E-state index in [1.807, 2.05) is 0 Å². The van der Waals surface area contributed by atoms with Crippen molar-refractivity contribution < 1.29 is 27.0 Å². The molecule has 1 unspecified atom stereocenters. The second-order valence-electron chi connectivity index (χ2n) is 3.23. The van der Waals surface area contributed by atoms with E-state index in [2.05, 4.69) is 0 Å². The minimum Gasteiger partial charge on any atom is -0.379 e. The average Bonchev–Trinajstić information content (AvgIpc) is 2.25. The first-order chi connectivity index (χ1) is 7.98. The van der Waals surface area contributed by atoms with Gasteiger partial charge in [-0.2, -0.15) is 13.2 Å². The highest BCUT2D eigenvalue weighted by Crippen LogP contribution is 2.20. The molecule has 0 aliphatic carbocycles. The lowest BCUT2D eigenvalue weighted by atomic mass is 10.5. The van der Waals surface area contributed by atoms with Crippen molar-refractivity contribution in [3.05, 3.63) is 0 Å². The smallest absolute Gasteiger partial charge is 0.379 e. The van der Waals surface area contributed by atoms with Crippen molar-refractivity contribution in [2.45, 2.75) is 18.9 Å². The summed E-state index contributed by atoms with van der Waals surface area (Å²) in [5.74, 6) is 0. The average molecular weight is 262 g/mol. The predicted molar refractivity (Wildman–Crippen MR) is 54.3 cm³/mol. The Hall–Kier alpha value is -0.440. The van der Waals surface area contributed by atoms with Crippen LogP contribution in [0.4, 0.5) is 17.6 Å². The van der Waals surface area contributed by atoms with Crippen LogP contribution in [0.3, 0.4) is 0 Å². The normalized spacial score (nSPS) is 13.9. The van der Waals surface area contributed by atoms with E-state index in [0.29, 0.717) is 19.8 Å². The minimum absolute atomic E-state index is 0.00323. The fourth-order valence-electron chi connectivity index (χ4n) is 0.881. The maximum Gasteiger partial charge on any atom is 0.433 e. The molecule has 0 fully saturated rings. The van der Waals surface area contributed by atoms with Crippen LogP contribution in [0.2, 0.25) is 0 Å². The van der Waals surface area contributed by atoms with Gasteiger partial charge in [0, 0.05) is 13.2 Å². The minimum atomic E-state index is -4.87. The molecule has 0 aliphatic heterocycles. The molecule has 0 rings (SSSR count). The highest BCUT2D eigenvalue weighted by molar-refractivity contribution is 4.62. The maximum atomic E-state index is 12.3. The van der Waals surface area contributed by atoms with E-state index in [-0.39, 0.29) is 19.8 Å². The second kappa shape index (κ2) is 9.58. The van der Waals surface area contributed by atoms with Crippen LogP contribution in [0.15, 0.2) is 0 Å². The maximum absolute atomic E-state index is 12.3. The monoisotopic (exact) mass is 262 g/mol. The molecule has 0 radical (unpaired) electrons. The topological polar surface area (TPSA) is 56.5 Å². The van der Waals surface area contributed by atoms with E-state index in [1.165, 1.54) is 0 Å². The van der Waals surface area contributed by atoms with E-state index in [0.717, 1.165) is 6.42 Å². The number of alkyl halides is 4. The Morgan fingerprint density at radius 2 is 1.65 bits per heavy atom. The Labute approximate surface area is 97.4 Å². The SMILES string of the molecule is NCCCOCCOCCNC(F)C(F)(F)F. The number of nitrogens with two attached hydrogens (primary N) is 1. The molecule has 0 aromatic heterocycles. The van der Waals surface area contributed by atoms with Gasteiger partial charge in [0.05, 0.1) is 19.8 Å². The zero-order valence-corrected chi connectivity index (χ0v) is 9.43. The summed E-state index contributed by atoms with van der Waals surface area (Å²) in [6.07, 6.45) is -7.13. The molecule has 8 heteroatoms. The molecule has 0 spiro atoms. The van der Waals surface area contributed by atoms with Crippen molar-refractivity contribution in [3.8, 4) is 0 Å². The summed E-state index contributed by atoms with van der Waals surface area (Å²) in [4.78, 5) is 0. The number of hydrogen-bond donors (Lipinski definition) is 2. The standard InChI is InChI=1S/C9H18F4N2O2/c10-8(9(11,12)13)15-3-5-17-7-6-16-4-1-2-14/h8,15H,1-7,14H2. The molecule has 1 atom stereocenters. The summed E-state index contributed by atoms with van der Waals surface area (Å²) in [5.41, 5.74) is 5.23.